The van der Waals surface area contributed by atoms with E-state index < -0.39 is 5.97 Å². The number of hydrogen-bond donors (Lipinski definition) is 3. The summed E-state index contributed by atoms with van der Waals surface area (Å²) in [6, 6.07) is 14.4. The molecule has 0 aliphatic carbocycles. The van der Waals surface area contributed by atoms with Crippen LogP contribution < -0.4 is 15.5 Å². The molecule has 3 rings (SSSR count). The number of amides is 1. The number of anilines is 3. The maximum Gasteiger partial charge on any atom is 0.337 e. The van der Waals surface area contributed by atoms with Gasteiger partial charge in [0.05, 0.1) is 36.7 Å². The predicted molar refractivity (Wildman–Crippen MR) is 109 cm³/mol. The maximum absolute atomic E-state index is 12.3. The number of nitrogens with zero attached hydrogens (tertiary/aromatic N) is 1. The van der Waals surface area contributed by atoms with Gasteiger partial charge in [0.2, 0.25) is 5.91 Å². The van der Waals surface area contributed by atoms with Crippen molar-refractivity contribution in [1.82, 2.24) is 0 Å². The van der Waals surface area contributed by atoms with Gasteiger partial charge in [-0.1, -0.05) is 12.1 Å². The number of aliphatic hydroxyl groups is 1. The highest BCUT2D eigenvalue weighted by atomic mass is 16.5. The van der Waals surface area contributed by atoms with Crippen molar-refractivity contribution >= 4 is 28.9 Å². The van der Waals surface area contributed by atoms with Crippen molar-refractivity contribution in [2.24, 2.45) is 0 Å². The van der Waals surface area contributed by atoms with E-state index in [0.717, 1.165) is 37.3 Å². The number of para-hydroxylation sites is 2. The Bertz CT molecular complexity index is 815. The van der Waals surface area contributed by atoms with Crippen molar-refractivity contribution in [1.29, 1.82) is 0 Å². The highest BCUT2D eigenvalue weighted by molar-refractivity contribution is 5.95. The molecular weight excluding hydrogens is 358 g/mol. The zero-order valence-electron chi connectivity index (χ0n) is 15.9. The SMILES string of the molecule is COC(=O)c1ccc(NC(=O)CNc2ccccc2N2CCC(O)CC2)cc1. The van der Waals surface area contributed by atoms with Gasteiger partial charge in [-0.05, 0) is 49.2 Å². The van der Waals surface area contributed by atoms with E-state index in [1.165, 1.54) is 7.11 Å². The highest BCUT2D eigenvalue weighted by Gasteiger charge is 2.19. The number of piperidine rings is 1. The van der Waals surface area contributed by atoms with Gasteiger partial charge in [-0.15, -0.1) is 0 Å². The molecule has 1 aliphatic rings. The number of aliphatic hydroxyl groups excluding tert-OH is 1. The van der Waals surface area contributed by atoms with Gasteiger partial charge in [-0.3, -0.25) is 4.79 Å². The van der Waals surface area contributed by atoms with Gasteiger partial charge in [-0.25, -0.2) is 4.79 Å². The summed E-state index contributed by atoms with van der Waals surface area (Å²) in [7, 11) is 1.33. The Morgan fingerprint density at radius 1 is 1.11 bits per heavy atom. The van der Waals surface area contributed by atoms with Crippen molar-refractivity contribution in [3.63, 3.8) is 0 Å². The molecule has 0 radical (unpaired) electrons. The fraction of sp³-hybridized carbons (Fsp3) is 0.333. The van der Waals surface area contributed by atoms with E-state index >= 15 is 0 Å². The molecule has 7 heteroatoms. The molecule has 1 amide bonds. The van der Waals surface area contributed by atoms with Crippen LogP contribution in [-0.4, -0.2) is 49.8 Å². The lowest BCUT2D eigenvalue weighted by Crippen LogP contribution is -2.36. The number of rotatable bonds is 6. The zero-order valence-corrected chi connectivity index (χ0v) is 15.9. The molecule has 0 aromatic heterocycles. The summed E-state index contributed by atoms with van der Waals surface area (Å²) in [6.45, 7) is 1.70. The van der Waals surface area contributed by atoms with Crippen molar-refractivity contribution in [2.45, 2.75) is 18.9 Å². The Hall–Kier alpha value is -3.06. The summed E-state index contributed by atoms with van der Waals surface area (Å²) >= 11 is 0. The van der Waals surface area contributed by atoms with Gasteiger partial charge in [0.25, 0.3) is 0 Å². The number of carbonyl (C=O) groups is 2. The molecule has 3 N–H and O–H groups in total. The van der Waals surface area contributed by atoms with Gasteiger partial charge in [0.15, 0.2) is 0 Å². The molecule has 148 valence electrons. The first-order valence-electron chi connectivity index (χ1n) is 9.31. The minimum Gasteiger partial charge on any atom is -0.465 e. The van der Waals surface area contributed by atoms with Gasteiger partial charge in [0, 0.05) is 18.8 Å². The fourth-order valence-corrected chi connectivity index (χ4v) is 3.19. The van der Waals surface area contributed by atoms with E-state index in [1.807, 2.05) is 24.3 Å². The molecule has 28 heavy (non-hydrogen) atoms. The van der Waals surface area contributed by atoms with Crippen LogP contribution in [0.4, 0.5) is 17.1 Å². The third-order valence-electron chi connectivity index (χ3n) is 4.74. The number of hydrogen-bond acceptors (Lipinski definition) is 6. The van der Waals surface area contributed by atoms with Gasteiger partial charge >= 0.3 is 5.97 Å². The summed E-state index contributed by atoms with van der Waals surface area (Å²) < 4.78 is 4.66. The largest absolute Gasteiger partial charge is 0.465 e. The first-order chi connectivity index (χ1) is 13.6. The summed E-state index contributed by atoms with van der Waals surface area (Å²) in [5.74, 6) is -0.601. The van der Waals surface area contributed by atoms with E-state index in [2.05, 4.69) is 20.3 Å². The molecule has 0 unspecified atom stereocenters. The molecular formula is C21H25N3O4. The van der Waals surface area contributed by atoms with Crippen LogP contribution >= 0.6 is 0 Å². The van der Waals surface area contributed by atoms with E-state index in [1.54, 1.807) is 24.3 Å². The first kappa shape index (κ1) is 19.7. The smallest absolute Gasteiger partial charge is 0.337 e. The third-order valence-corrected chi connectivity index (χ3v) is 4.74. The second kappa shape index (κ2) is 9.23. The van der Waals surface area contributed by atoms with Crippen LogP contribution in [0.3, 0.4) is 0 Å². The van der Waals surface area contributed by atoms with Crippen LogP contribution in [0.1, 0.15) is 23.2 Å². The Balaban J connectivity index is 1.57. The van der Waals surface area contributed by atoms with E-state index in [4.69, 9.17) is 0 Å². The van der Waals surface area contributed by atoms with E-state index in [9.17, 15) is 14.7 Å². The van der Waals surface area contributed by atoms with Crippen LogP contribution in [0.5, 0.6) is 0 Å². The number of nitrogens with one attached hydrogen (secondary N) is 2. The normalized spacial score (nSPS) is 14.4. The standard InChI is InChI=1S/C21H25N3O4/c1-28-21(27)15-6-8-16(9-7-15)23-20(26)14-22-18-4-2-3-5-19(18)24-12-10-17(25)11-13-24/h2-9,17,22,25H,10-14H2,1H3,(H,23,26). The van der Waals surface area contributed by atoms with Gasteiger partial charge < -0.3 is 25.4 Å². The Morgan fingerprint density at radius 3 is 2.46 bits per heavy atom. The number of methoxy groups -OCH3 is 1. The number of esters is 1. The van der Waals surface area contributed by atoms with E-state index in [-0.39, 0.29) is 18.6 Å². The molecule has 2 aromatic carbocycles. The first-order valence-corrected chi connectivity index (χ1v) is 9.31. The quantitative estimate of drug-likeness (QED) is 0.664. The van der Waals surface area contributed by atoms with Gasteiger partial charge in [-0.2, -0.15) is 0 Å². The maximum atomic E-state index is 12.3. The van der Waals surface area contributed by atoms with Gasteiger partial charge in [0.1, 0.15) is 0 Å². The van der Waals surface area contributed by atoms with Crippen LogP contribution in [-0.2, 0) is 9.53 Å². The fourth-order valence-electron chi connectivity index (χ4n) is 3.19. The topological polar surface area (TPSA) is 90.9 Å². The molecule has 0 atom stereocenters. The molecule has 1 heterocycles. The predicted octanol–water partition coefficient (Wildman–Crippen LogP) is 2.48. The molecule has 1 fully saturated rings. The molecule has 0 bridgehead atoms. The Kier molecular flexibility index (Phi) is 6.49. The molecule has 0 saturated carbocycles. The monoisotopic (exact) mass is 383 g/mol. The third kappa shape index (κ3) is 5.01. The molecule has 2 aromatic rings. The molecule has 1 aliphatic heterocycles. The second-order valence-corrected chi connectivity index (χ2v) is 6.71. The van der Waals surface area contributed by atoms with Crippen LogP contribution in [0.2, 0.25) is 0 Å². The number of benzene rings is 2. The van der Waals surface area contributed by atoms with Crippen LogP contribution in [0.15, 0.2) is 48.5 Å². The minimum absolute atomic E-state index is 0.117. The van der Waals surface area contributed by atoms with Crippen LogP contribution in [0.25, 0.3) is 0 Å². The van der Waals surface area contributed by atoms with Crippen LogP contribution in [0, 0.1) is 0 Å². The molecule has 1 saturated heterocycles. The summed E-state index contributed by atoms with van der Waals surface area (Å²) in [6.07, 6.45) is 1.26. The lowest BCUT2D eigenvalue weighted by Gasteiger charge is -2.32. The van der Waals surface area contributed by atoms with Crippen molar-refractivity contribution in [3.05, 3.63) is 54.1 Å². The second-order valence-electron chi connectivity index (χ2n) is 6.71. The summed E-state index contributed by atoms with van der Waals surface area (Å²) in [4.78, 5) is 25.9. The Labute approximate surface area is 164 Å². The summed E-state index contributed by atoms with van der Waals surface area (Å²) in [5.41, 5.74) is 2.96. The molecule has 7 nitrogen and oxygen atoms in total. The highest BCUT2D eigenvalue weighted by Crippen LogP contribution is 2.28. The zero-order chi connectivity index (χ0) is 19.9. The van der Waals surface area contributed by atoms with Crippen molar-refractivity contribution in [2.75, 3.05) is 42.3 Å². The summed E-state index contributed by atoms with van der Waals surface area (Å²) in [5, 5.41) is 15.7. The average Bonchev–Trinajstić information content (AvgIpc) is 2.73. The lowest BCUT2D eigenvalue weighted by molar-refractivity contribution is -0.114. The number of carbonyl (C=O) groups excluding carboxylic acids is 2. The average molecular weight is 383 g/mol. The number of ether oxygens (including phenoxy) is 1. The van der Waals surface area contributed by atoms with Crippen molar-refractivity contribution < 1.29 is 19.4 Å². The molecule has 0 spiro atoms. The minimum atomic E-state index is -0.415. The van der Waals surface area contributed by atoms with Crippen molar-refractivity contribution in [3.8, 4) is 0 Å². The lowest BCUT2D eigenvalue weighted by atomic mass is 10.1. The Morgan fingerprint density at radius 2 is 1.79 bits per heavy atom. The van der Waals surface area contributed by atoms with E-state index in [0.29, 0.717) is 11.3 Å².